The van der Waals surface area contributed by atoms with Crippen LogP contribution in [0.25, 0.3) is 0 Å². The van der Waals surface area contributed by atoms with Crippen molar-refractivity contribution >= 4 is 28.8 Å². The average molecular weight is 276 g/mol. The van der Waals surface area contributed by atoms with Crippen molar-refractivity contribution in [3.8, 4) is 0 Å². The number of rotatable bonds is 3. The Bertz CT molecular complexity index is 619. The second-order valence-electron chi connectivity index (χ2n) is 3.77. The minimum absolute atomic E-state index is 0.0213. The second kappa shape index (κ2) is 5.49. The zero-order valence-corrected chi connectivity index (χ0v) is 10.9. The van der Waals surface area contributed by atoms with Crippen LogP contribution in [0.1, 0.15) is 21.1 Å². The molecular formula is C12H12N4O2S. The van der Waals surface area contributed by atoms with Gasteiger partial charge < -0.3 is 16.3 Å². The Hall–Kier alpha value is -2.41. The fraction of sp³-hybridized carbons (Fsp3) is 0.0833. The van der Waals surface area contributed by atoms with Crippen LogP contribution in [-0.4, -0.2) is 21.9 Å². The van der Waals surface area contributed by atoms with Crippen molar-refractivity contribution in [3.05, 3.63) is 45.9 Å². The van der Waals surface area contributed by atoms with Crippen molar-refractivity contribution in [1.29, 1.82) is 0 Å². The van der Waals surface area contributed by atoms with Crippen LogP contribution in [0.5, 0.6) is 0 Å². The lowest BCUT2D eigenvalue weighted by molar-refractivity contribution is 0.102. The van der Waals surface area contributed by atoms with Crippen molar-refractivity contribution in [3.63, 3.8) is 0 Å². The van der Waals surface area contributed by atoms with Gasteiger partial charge in [0.15, 0.2) is 5.84 Å². The van der Waals surface area contributed by atoms with E-state index in [9.17, 15) is 4.79 Å². The third-order valence-electron chi connectivity index (χ3n) is 2.40. The first kappa shape index (κ1) is 13.0. The smallest absolute Gasteiger partial charge is 0.275 e. The van der Waals surface area contributed by atoms with Crippen molar-refractivity contribution < 1.29 is 10.0 Å². The summed E-state index contributed by atoms with van der Waals surface area (Å²) in [7, 11) is 0. The minimum atomic E-state index is -0.263. The lowest BCUT2D eigenvalue weighted by Crippen LogP contribution is -2.14. The molecule has 19 heavy (non-hydrogen) atoms. The number of benzene rings is 1. The van der Waals surface area contributed by atoms with E-state index in [1.807, 2.05) is 6.92 Å². The molecule has 0 aliphatic carbocycles. The average Bonchev–Trinajstić information content (AvgIpc) is 2.85. The number of nitrogens with one attached hydrogen (secondary N) is 1. The maximum absolute atomic E-state index is 11.8. The molecule has 1 amide bonds. The molecule has 4 N–H and O–H groups in total. The standard InChI is InChI=1S/C12H12N4O2S/c1-7-14-10(6-19-7)12(17)15-9-4-2-8(3-5-9)11(13)16-18/h2-6,18H,1H3,(H2,13,16)(H,15,17). The molecule has 1 aromatic heterocycles. The van der Waals surface area contributed by atoms with Gasteiger partial charge in [-0.05, 0) is 31.2 Å². The van der Waals surface area contributed by atoms with Crippen molar-refractivity contribution in [2.75, 3.05) is 5.32 Å². The lowest BCUT2D eigenvalue weighted by Gasteiger charge is -2.04. The number of anilines is 1. The first-order valence-electron chi connectivity index (χ1n) is 5.41. The Kier molecular flexibility index (Phi) is 3.76. The molecule has 0 atom stereocenters. The maximum atomic E-state index is 11.8. The third kappa shape index (κ3) is 3.08. The summed E-state index contributed by atoms with van der Waals surface area (Å²) in [5.74, 6) is -0.242. The Labute approximate surface area is 113 Å². The molecule has 0 unspecified atom stereocenters. The highest BCUT2D eigenvalue weighted by molar-refractivity contribution is 7.09. The zero-order valence-electron chi connectivity index (χ0n) is 10.1. The largest absolute Gasteiger partial charge is 0.409 e. The fourth-order valence-corrected chi connectivity index (χ4v) is 2.04. The molecule has 2 aromatic rings. The van der Waals surface area contributed by atoms with Gasteiger partial charge in [0.2, 0.25) is 0 Å². The minimum Gasteiger partial charge on any atom is -0.409 e. The Morgan fingerprint density at radius 2 is 2.11 bits per heavy atom. The highest BCUT2D eigenvalue weighted by Crippen LogP contribution is 2.13. The summed E-state index contributed by atoms with van der Waals surface area (Å²) in [4.78, 5) is 15.9. The molecule has 0 saturated carbocycles. The normalized spacial score (nSPS) is 11.3. The number of thiazole rings is 1. The highest BCUT2D eigenvalue weighted by atomic mass is 32.1. The van der Waals surface area contributed by atoms with E-state index in [0.29, 0.717) is 16.9 Å². The second-order valence-corrected chi connectivity index (χ2v) is 4.83. The molecule has 1 heterocycles. The first-order valence-corrected chi connectivity index (χ1v) is 6.29. The number of hydrogen-bond donors (Lipinski definition) is 3. The predicted molar refractivity (Wildman–Crippen MR) is 73.8 cm³/mol. The number of amides is 1. The van der Waals surface area contributed by atoms with Gasteiger partial charge in [0, 0.05) is 16.6 Å². The summed E-state index contributed by atoms with van der Waals surface area (Å²) >= 11 is 1.42. The van der Waals surface area contributed by atoms with E-state index >= 15 is 0 Å². The van der Waals surface area contributed by atoms with E-state index in [2.05, 4.69) is 15.5 Å². The molecular weight excluding hydrogens is 264 g/mol. The molecule has 2 rings (SSSR count). The summed E-state index contributed by atoms with van der Waals surface area (Å²) in [6.45, 7) is 1.84. The molecule has 0 saturated heterocycles. The molecule has 0 aliphatic heterocycles. The molecule has 0 aliphatic rings. The molecule has 6 nitrogen and oxygen atoms in total. The Balaban J connectivity index is 2.10. The van der Waals surface area contributed by atoms with Gasteiger partial charge in [0.05, 0.1) is 5.01 Å². The highest BCUT2D eigenvalue weighted by Gasteiger charge is 2.09. The first-order chi connectivity index (χ1) is 9.10. The van der Waals surface area contributed by atoms with Gasteiger partial charge in [0.25, 0.3) is 5.91 Å². The molecule has 98 valence electrons. The lowest BCUT2D eigenvalue weighted by atomic mass is 10.2. The van der Waals surface area contributed by atoms with Crippen LogP contribution in [0, 0.1) is 6.92 Å². The van der Waals surface area contributed by atoms with Crippen LogP contribution < -0.4 is 11.1 Å². The van der Waals surface area contributed by atoms with Gasteiger partial charge >= 0.3 is 0 Å². The number of carbonyl (C=O) groups excluding carboxylic acids is 1. The molecule has 0 spiro atoms. The number of carbonyl (C=O) groups is 1. The van der Waals surface area contributed by atoms with Crippen LogP contribution in [-0.2, 0) is 0 Å². The van der Waals surface area contributed by atoms with E-state index in [-0.39, 0.29) is 11.7 Å². The number of hydrogen-bond acceptors (Lipinski definition) is 5. The van der Waals surface area contributed by atoms with Gasteiger partial charge in [-0.1, -0.05) is 5.16 Å². The molecule has 0 bridgehead atoms. The van der Waals surface area contributed by atoms with E-state index in [1.165, 1.54) is 11.3 Å². The zero-order chi connectivity index (χ0) is 13.8. The number of aromatic nitrogens is 1. The SMILES string of the molecule is Cc1nc(C(=O)Nc2ccc(C(N)=NO)cc2)cs1. The number of aryl methyl sites for hydroxylation is 1. The summed E-state index contributed by atoms with van der Waals surface area (Å²) < 4.78 is 0. The van der Waals surface area contributed by atoms with E-state index < -0.39 is 0 Å². The van der Waals surface area contributed by atoms with Gasteiger partial charge in [0.1, 0.15) is 5.69 Å². The van der Waals surface area contributed by atoms with Gasteiger partial charge in [-0.2, -0.15) is 0 Å². The summed E-state index contributed by atoms with van der Waals surface area (Å²) in [5, 5.41) is 16.7. The van der Waals surface area contributed by atoms with E-state index in [4.69, 9.17) is 10.9 Å². The van der Waals surface area contributed by atoms with Gasteiger partial charge in [-0.3, -0.25) is 4.79 Å². The topological polar surface area (TPSA) is 101 Å². The summed E-state index contributed by atoms with van der Waals surface area (Å²) in [6.07, 6.45) is 0. The van der Waals surface area contributed by atoms with Crippen LogP contribution in [0.4, 0.5) is 5.69 Å². The van der Waals surface area contributed by atoms with Crippen LogP contribution in [0.3, 0.4) is 0 Å². The quantitative estimate of drug-likeness (QED) is 0.344. The third-order valence-corrected chi connectivity index (χ3v) is 3.17. The van der Waals surface area contributed by atoms with Crippen LogP contribution in [0.15, 0.2) is 34.8 Å². The number of nitrogens with two attached hydrogens (primary N) is 1. The van der Waals surface area contributed by atoms with Gasteiger partial charge in [-0.25, -0.2) is 4.98 Å². The number of nitrogens with zero attached hydrogens (tertiary/aromatic N) is 2. The van der Waals surface area contributed by atoms with Crippen molar-refractivity contribution in [2.24, 2.45) is 10.9 Å². The Morgan fingerprint density at radius 1 is 1.42 bits per heavy atom. The molecule has 1 aromatic carbocycles. The maximum Gasteiger partial charge on any atom is 0.275 e. The molecule has 0 fully saturated rings. The van der Waals surface area contributed by atoms with Gasteiger partial charge in [-0.15, -0.1) is 11.3 Å². The number of amidine groups is 1. The summed E-state index contributed by atoms with van der Waals surface area (Å²) in [5.41, 5.74) is 7.03. The molecule has 7 heteroatoms. The van der Waals surface area contributed by atoms with Crippen LogP contribution in [0.2, 0.25) is 0 Å². The van der Waals surface area contributed by atoms with Crippen molar-refractivity contribution in [2.45, 2.75) is 6.92 Å². The predicted octanol–water partition coefficient (Wildman–Crippen LogP) is 1.80. The van der Waals surface area contributed by atoms with Crippen molar-refractivity contribution in [1.82, 2.24) is 4.98 Å². The van der Waals surface area contributed by atoms with E-state index in [0.717, 1.165) is 5.01 Å². The summed E-state index contributed by atoms with van der Waals surface area (Å²) in [6, 6.07) is 6.64. The Morgan fingerprint density at radius 3 is 2.63 bits per heavy atom. The molecule has 0 radical (unpaired) electrons. The fourth-order valence-electron chi connectivity index (χ4n) is 1.44. The monoisotopic (exact) mass is 276 g/mol. The number of oxime groups is 1. The van der Waals surface area contributed by atoms with Crippen LogP contribution >= 0.6 is 11.3 Å². The van der Waals surface area contributed by atoms with E-state index in [1.54, 1.807) is 29.6 Å².